The zero-order valence-electron chi connectivity index (χ0n) is 39.9. The van der Waals surface area contributed by atoms with Gasteiger partial charge in [0.1, 0.15) is 12.1 Å². The normalized spacial score (nSPS) is 22.7. The minimum absolute atomic E-state index is 0.00156. The van der Waals surface area contributed by atoms with Crippen molar-refractivity contribution < 1.29 is 52.4 Å². The van der Waals surface area contributed by atoms with Gasteiger partial charge in [0.05, 0.1) is 76.0 Å². The third kappa shape index (κ3) is 14.3. The first kappa shape index (κ1) is 53.8. The van der Waals surface area contributed by atoms with Crippen molar-refractivity contribution in [3.05, 3.63) is 35.9 Å². The van der Waals surface area contributed by atoms with E-state index in [2.05, 4.69) is 22.3 Å². The molecule has 1 aliphatic carbocycles. The Bertz CT molecular complexity index is 1740. The van der Waals surface area contributed by atoms with Crippen molar-refractivity contribution in [3.8, 4) is 0 Å². The summed E-state index contributed by atoms with van der Waals surface area (Å²) in [6.07, 6.45) is 3.20. The number of nitrogens with zero attached hydrogens (tertiary/aromatic N) is 4. The molecule has 2 aliphatic heterocycles. The average Bonchev–Trinajstić information content (AvgIpc) is 4.06. The molecule has 3 fully saturated rings. The summed E-state index contributed by atoms with van der Waals surface area (Å²) in [5.41, 5.74) is 0.809. The molecule has 1 aromatic carbocycles. The number of carbonyl (C=O) groups excluding carboxylic acids is 5. The number of benzene rings is 1. The molecular weight excluding hydrogens is 856 g/mol. The summed E-state index contributed by atoms with van der Waals surface area (Å²) in [4.78, 5) is 89.3. The fourth-order valence-corrected chi connectivity index (χ4v) is 10.6. The predicted octanol–water partition coefficient (Wildman–Crippen LogP) is 3.97. The molecule has 4 rings (SSSR count). The maximum absolute atomic E-state index is 14.6. The molecule has 0 spiro atoms. The third-order valence-corrected chi connectivity index (χ3v) is 14.5. The van der Waals surface area contributed by atoms with Crippen LogP contribution in [0.4, 0.5) is 0 Å². The van der Waals surface area contributed by atoms with E-state index in [0.717, 1.165) is 24.8 Å². The number of methoxy groups -OCH3 is 2. The topological polar surface area (TPSA) is 206 Å². The number of nitrogens with one attached hydrogen (secondary N) is 2. The summed E-state index contributed by atoms with van der Waals surface area (Å²) in [5.74, 6) is -3.63. The van der Waals surface area contributed by atoms with E-state index in [1.54, 1.807) is 28.7 Å². The van der Waals surface area contributed by atoms with Gasteiger partial charge in [0.25, 0.3) is 5.78 Å². The average molecular weight is 932 g/mol. The van der Waals surface area contributed by atoms with Crippen LogP contribution in [0.2, 0.25) is 0 Å². The molecule has 18 heteroatoms. The summed E-state index contributed by atoms with van der Waals surface area (Å²) < 4.78 is 35.3. The lowest BCUT2D eigenvalue weighted by atomic mass is 9.89. The number of hydrogen-bond donors (Lipinski definition) is 3. The van der Waals surface area contributed by atoms with Crippen LogP contribution in [0, 0.1) is 23.7 Å². The van der Waals surface area contributed by atoms with Gasteiger partial charge in [0.2, 0.25) is 29.5 Å². The first-order chi connectivity index (χ1) is 31.1. The van der Waals surface area contributed by atoms with E-state index in [1.165, 1.54) is 14.2 Å². The number of amides is 5. The molecule has 3 aliphatic rings. The minimum atomic E-state index is -2.73. The zero-order valence-corrected chi connectivity index (χ0v) is 40.8. The maximum Gasteiger partial charge on any atom is 0.531 e. The summed E-state index contributed by atoms with van der Waals surface area (Å²) in [6.45, 7) is 15.2. The van der Waals surface area contributed by atoms with Crippen LogP contribution in [0.25, 0.3) is 0 Å². The highest BCUT2D eigenvalue weighted by atomic mass is 31.1. The Morgan fingerprint density at radius 1 is 0.954 bits per heavy atom. The highest BCUT2D eigenvalue weighted by Gasteiger charge is 2.52. The quantitative estimate of drug-likeness (QED) is 0.0623. The Morgan fingerprint density at radius 3 is 2.26 bits per heavy atom. The van der Waals surface area contributed by atoms with Crippen molar-refractivity contribution in [1.29, 1.82) is 0 Å². The first-order valence-corrected chi connectivity index (χ1v) is 24.7. The van der Waals surface area contributed by atoms with Gasteiger partial charge in [0.15, 0.2) is 0 Å². The first-order valence-electron chi connectivity index (χ1n) is 23.4. The second kappa shape index (κ2) is 26.5. The third-order valence-electron chi connectivity index (χ3n) is 13.7. The van der Waals surface area contributed by atoms with Gasteiger partial charge in [-0.2, -0.15) is 4.89 Å². The smallest absolute Gasteiger partial charge is 0.379 e. The van der Waals surface area contributed by atoms with E-state index in [9.17, 15) is 33.4 Å². The Kier molecular flexibility index (Phi) is 21.9. The van der Waals surface area contributed by atoms with Crippen LogP contribution in [-0.2, 0) is 53.9 Å². The number of likely N-dealkylation sites (tertiary alicyclic amines) is 2. The zero-order chi connectivity index (χ0) is 47.8. The maximum atomic E-state index is 14.6. The number of hydrogen-bond acceptors (Lipinski definition) is 11. The summed E-state index contributed by atoms with van der Waals surface area (Å²) in [7, 11) is 1.98. The van der Waals surface area contributed by atoms with Gasteiger partial charge in [-0.05, 0) is 66.7 Å². The number of carbonyl (C=O) groups is 5. The van der Waals surface area contributed by atoms with Crippen molar-refractivity contribution in [1.82, 2.24) is 25.3 Å². The van der Waals surface area contributed by atoms with E-state index in [1.807, 2.05) is 58.0 Å². The number of aliphatic imine (C=N–C) groups is 1. The van der Waals surface area contributed by atoms with E-state index >= 15 is 0 Å². The Morgan fingerprint density at radius 2 is 1.65 bits per heavy atom. The Hall–Kier alpha value is -3.86. The minimum Gasteiger partial charge on any atom is -0.379 e. The van der Waals surface area contributed by atoms with Gasteiger partial charge >= 0.3 is 8.03 Å². The molecule has 2 bridgehead atoms. The Labute approximate surface area is 386 Å². The van der Waals surface area contributed by atoms with Crippen LogP contribution >= 0.6 is 8.03 Å². The van der Waals surface area contributed by atoms with Gasteiger partial charge < -0.3 is 44.3 Å². The number of fused-ring (bicyclic) bond motifs is 2. The Balaban J connectivity index is 1.43. The summed E-state index contributed by atoms with van der Waals surface area (Å²) in [6, 6.07) is 6.55. The lowest BCUT2D eigenvalue weighted by Crippen LogP contribution is -2.60. The van der Waals surface area contributed by atoms with Gasteiger partial charge in [-0.1, -0.05) is 71.4 Å². The predicted molar refractivity (Wildman–Crippen MR) is 247 cm³/mol. The molecular formula is C47H76N6O11P+. The largest absolute Gasteiger partial charge is 0.531 e. The van der Waals surface area contributed by atoms with Crippen molar-refractivity contribution in [2.24, 2.45) is 28.7 Å². The molecule has 17 nitrogen and oxygen atoms in total. The molecule has 0 radical (unpaired) electrons. The molecule has 65 heavy (non-hydrogen) atoms. The number of rotatable bonds is 28. The van der Waals surface area contributed by atoms with Crippen molar-refractivity contribution in [3.63, 3.8) is 0 Å². The molecule has 364 valence electrons. The molecule has 3 N–H and O–H groups in total. The molecule has 5 amide bonds. The van der Waals surface area contributed by atoms with E-state index in [0.29, 0.717) is 52.2 Å². The fraction of sp³-hybridized carbons (Fsp3) is 0.745. The van der Waals surface area contributed by atoms with E-state index < -0.39 is 62.0 Å². The van der Waals surface area contributed by atoms with Crippen molar-refractivity contribution >= 4 is 44.3 Å². The standard InChI is InChI=1S/C47H75N6O11P/c1-10-31(4)42(37(61-8)29-40(55)52-22-14-17-36(52)44(62-9)32(5)45(56)49-38(65(59)60)27-33-15-12-11-13-16-33)51(7)47(58)41(30(2)3)50-46(57)43-34-18-19-35(28-34)53(43)39(54)20-23-63-25-26-64-24-21-48-6/h11-13,15-16,30-32,34-38,41-44H,6,10,14,17-29H2,1-5,7-9H3,(H2-,49,50,56,57,59,60)/p+1. The second-order valence-corrected chi connectivity index (χ2v) is 19.5. The monoisotopic (exact) mass is 932 g/mol. The van der Waals surface area contributed by atoms with Crippen LogP contribution in [0.15, 0.2) is 35.3 Å². The number of likely N-dealkylation sites (N-methyl/N-ethyl adjacent to an activating group) is 1. The highest BCUT2D eigenvalue weighted by molar-refractivity contribution is 7.38. The van der Waals surface area contributed by atoms with Crippen LogP contribution < -0.4 is 10.6 Å². The lowest BCUT2D eigenvalue weighted by molar-refractivity contribution is -0.149. The van der Waals surface area contributed by atoms with E-state index in [4.69, 9.17) is 18.9 Å². The fourth-order valence-electron chi connectivity index (χ4n) is 10.0. The number of ether oxygens (including phenoxy) is 4. The molecule has 12 unspecified atom stereocenters. The SMILES string of the molecule is C=NCCOCCOCCC(=O)N1C2CCC(C2)C1C(=O)NC(C(=O)N(C)C(C(C)CC)C(CC(=O)N1CCCC1C(OC)C(C)C(=O)NC(Cc1ccccc1)[P+](=O)O)OC)C(C)C. The summed E-state index contributed by atoms with van der Waals surface area (Å²) >= 11 is 0. The molecule has 1 aromatic rings. The molecule has 2 heterocycles. The molecule has 2 saturated heterocycles. The second-order valence-electron chi connectivity index (χ2n) is 18.2. The molecule has 1 saturated carbocycles. The van der Waals surface area contributed by atoms with Crippen LogP contribution in [-0.4, -0.2) is 165 Å². The van der Waals surface area contributed by atoms with Crippen molar-refractivity contribution in [2.45, 2.75) is 141 Å². The van der Waals surface area contributed by atoms with Gasteiger partial charge in [-0.15, -0.1) is 0 Å². The van der Waals surface area contributed by atoms with Crippen molar-refractivity contribution in [2.75, 3.05) is 60.8 Å². The molecule has 12 atom stereocenters. The van der Waals surface area contributed by atoms with E-state index in [-0.39, 0.29) is 73.3 Å². The van der Waals surface area contributed by atoms with Gasteiger partial charge in [0, 0.05) is 40.3 Å². The van der Waals surface area contributed by atoms with Crippen LogP contribution in [0.3, 0.4) is 0 Å². The van der Waals surface area contributed by atoms with Crippen LogP contribution in [0.5, 0.6) is 0 Å². The number of piperidine rings is 1. The lowest BCUT2D eigenvalue weighted by Gasteiger charge is -2.41. The van der Waals surface area contributed by atoms with Gasteiger partial charge in [-0.3, -0.25) is 29.0 Å². The molecule has 0 aromatic heterocycles. The summed E-state index contributed by atoms with van der Waals surface area (Å²) in [5, 5.41) is 5.81. The highest BCUT2D eigenvalue weighted by Crippen LogP contribution is 2.43. The van der Waals surface area contributed by atoms with Gasteiger partial charge in [-0.25, -0.2) is 0 Å². The van der Waals surface area contributed by atoms with Crippen LogP contribution in [0.1, 0.15) is 91.5 Å².